The molecule has 6 nitrogen and oxygen atoms in total. The van der Waals surface area contributed by atoms with E-state index in [1.165, 1.54) is 24.5 Å². The van der Waals surface area contributed by atoms with Crippen molar-refractivity contribution in [2.75, 3.05) is 11.3 Å². The fraction of sp³-hybridized carbons (Fsp3) is 0.231. The Morgan fingerprint density at radius 3 is 2.72 bits per heavy atom. The standard InChI is InChI=1S/C26H26ClF2N3O3S/c1-5-8-18(26(34)35-7-3)21-12-9-17(15(4)32(21)6-2)23-19(28)10-11-20(24(23)29)31-36-22-13-16(27)14-30-25(22)33/h6,9-14,31H,2,5,7-8H2,1,3-4H3,(H,30,33)/b21-18+. The molecule has 0 atom stereocenters. The number of allylic oxidation sites excluding steroid dienone is 4. The van der Waals surface area contributed by atoms with Crippen LogP contribution in [0.1, 0.15) is 39.2 Å². The molecule has 1 aromatic carbocycles. The number of halogens is 3. The Hall–Kier alpha value is -3.30. The van der Waals surface area contributed by atoms with Crippen molar-refractivity contribution < 1.29 is 18.3 Å². The number of aromatic nitrogens is 1. The zero-order chi connectivity index (χ0) is 26.4. The monoisotopic (exact) mass is 533 g/mol. The number of hydrogen-bond acceptors (Lipinski definition) is 6. The number of anilines is 1. The normalized spacial score (nSPS) is 14.7. The molecule has 0 bridgehead atoms. The number of benzene rings is 1. The van der Waals surface area contributed by atoms with Gasteiger partial charge in [-0.25, -0.2) is 13.6 Å². The van der Waals surface area contributed by atoms with Crippen LogP contribution in [0.2, 0.25) is 5.02 Å². The number of carbonyl (C=O) groups excluding carboxylic acids is 1. The average Bonchev–Trinajstić information content (AvgIpc) is 2.85. The summed E-state index contributed by atoms with van der Waals surface area (Å²) in [6.45, 7) is 9.41. The maximum absolute atomic E-state index is 15.6. The van der Waals surface area contributed by atoms with Gasteiger partial charge >= 0.3 is 5.97 Å². The van der Waals surface area contributed by atoms with Gasteiger partial charge in [-0.2, -0.15) is 0 Å². The lowest BCUT2D eigenvalue weighted by Gasteiger charge is -2.30. The minimum Gasteiger partial charge on any atom is -0.463 e. The molecular formula is C26H26ClF2N3O3S. The topological polar surface area (TPSA) is 74.4 Å². The number of nitrogens with zero attached hydrogens (tertiary/aromatic N) is 1. The Kier molecular flexibility index (Phi) is 9.17. The van der Waals surface area contributed by atoms with Gasteiger partial charge in [-0.15, -0.1) is 0 Å². The van der Waals surface area contributed by atoms with Crippen molar-refractivity contribution in [2.24, 2.45) is 0 Å². The van der Waals surface area contributed by atoms with Gasteiger partial charge in [0.25, 0.3) is 5.56 Å². The predicted molar refractivity (Wildman–Crippen MR) is 140 cm³/mol. The minimum absolute atomic E-state index is 0.0193. The molecule has 0 fully saturated rings. The first-order chi connectivity index (χ1) is 17.2. The first-order valence-corrected chi connectivity index (χ1v) is 12.4. The van der Waals surface area contributed by atoms with E-state index in [1.54, 1.807) is 30.9 Å². The second-order valence-electron chi connectivity index (χ2n) is 7.72. The number of carbonyl (C=O) groups is 1. The first-order valence-electron chi connectivity index (χ1n) is 11.2. The summed E-state index contributed by atoms with van der Waals surface area (Å²) in [6, 6.07) is 3.83. The molecule has 0 saturated carbocycles. The van der Waals surface area contributed by atoms with Gasteiger partial charge in [0, 0.05) is 23.7 Å². The molecule has 190 valence electrons. The molecule has 10 heteroatoms. The van der Waals surface area contributed by atoms with Crippen molar-refractivity contribution in [3.8, 4) is 0 Å². The lowest BCUT2D eigenvalue weighted by molar-refractivity contribution is -0.138. The van der Waals surface area contributed by atoms with Crippen molar-refractivity contribution >= 4 is 40.8 Å². The Morgan fingerprint density at radius 2 is 2.06 bits per heavy atom. The number of hydrogen-bond donors (Lipinski definition) is 2. The highest BCUT2D eigenvalue weighted by Crippen LogP contribution is 2.37. The molecule has 1 aliphatic rings. The maximum Gasteiger partial charge on any atom is 0.336 e. The summed E-state index contributed by atoms with van der Waals surface area (Å²) in [5.74, 6) is -2.05. The van der Waals surface area contributed by atoms with Crippen LogP contribution in [-0.4, -0.2) is 22.5 Å². The van der Waals surface area contributed by atoms with Crippen LogP contribution in [0, 0.1) is 11.6 Å². The molecular weight excluding hydrogens is 508 g/mol. The quantitative estimate of drug-likeness (QED) is 0.210. The molecule has 1 aliphatic heterocycles. The first kappa shape index (κ1) is 27.3. The minimum atomic E-state index is -0.837. The van der Waals surface area contributed by atoms with Gasteiger partial charge in [0.1, 0.15) is 5.82 Å². The third-order valence-electron chi connectivity index (χ3n) is 5.40. The molecule has 2 aromatic rings. The van der Waals surface area contributed by atoms with Crippen molar-refractivity contribution in [1.29, 1.82) is 0 Å². The molecule has 1 aromatic heterocycles. The summed E-state index contributed by atoms with van der Waals surface area (Å²) in [5.41, 5.74) is 1.07. The van der Waals surface area contributed by atoms with E-state index in [-0.39, 0.29) is 28.3 Å². The largest absolute Gasteiger partial charge is 0.463 e. The molecule has 0 saturated heterocycles. The molecule has 0 aliphatic carbocycles. The number of H-pyrrole nitrogens is 1. The van der Waals surface area contributed by atoms with E-state index in [2.05, 4.69) is 16.3 Å². The molecule has 2 heterocycles. The van der Waals surface area contributed by atoms with Crippen LogP contribution in [-0.2, 0) is 9.53 Å². The fourth-order valence-electron chi connectivity index (χ4n) is 3.72. The van der Waals surface area contributed by atoms with Gasteiger partial charge < -0.3 is 19.3 Å². The summed E-state index contributed by atoms with van der Waals surface area (Å²) in [7, 11) is 0. The van der Waals surface area contributed by atoms with E-state index >= 15 is 4.39 Å². The predicted octanol–water partition coefficient (Wildman–Crippen LogP) is 6.79. The van der Waals surface area contributed by atoms with Crippen molar-refractivity contribution in [2.45, 2.75) is 38.5 Å². The Morgan fingerprint density at radius 1 is 1.31 bits per heavy atom. The van der Waals surface area contributed by atoms with Crippen LogP contribution in [0.4, 0.5) is 14.5 Å². The smallest absolute Gasteiger partial charge is 0.336 e. The molecule has 0 radical (unpaired) electrons. The summed E-state index contributed by atoms with van der Waals surface area (Å²) in [4.78, 5) is 28.9. The Labute approximate surface area is 217 Å². The number of aromatic amines is 1. The van der Waals surface area contributed by atoms with Crippen LogP contribution < -0.4 is 10.3 Å². The van der Waals surface area contributed by atoms with E-state index in [0.29, 0.717) is 34.8 Å². The zero-order valence-corrected chi connectivity index (χ0v) is 21.7. The van der Waals surface area contributed by atoms with E-state index in [9.17, 15) is 14.0 Å². The molecule has 36 heavy (non-hydrogen) atoms. The van der Waals surface area contributed by atoms with Gasteiger partial charge in [-0.05, 0) is 56.5 Å². The SMILES string of the molecule is C=CN1C(C)=C(c2c(F)ccc(NSc3cc(Cl)c[nH]c3=O)c2F)C=C/C1=C(/CCC)C(=O)OCC. The Bertz CT molecular complexity index is 1330. The van der Waals surface area contributed by atoms with Gasteiger partial charge in [0.2, 0.25) is 0 Å². The average molecular weight is 534 g/mol. The molecule has 3 rings (SSSR count). The number of esters is 1. The van der Waals surface area contributed by atoms with E-state index in [0.717, 1.165) is 18.0 Å². The van der Waals surface area contributed by atoms with E-state index in [1.807, 2.05) is 6.92 Å². The molecule has 2 N–H and O–H groups in total. The fourth-order valence-corrected chi connectivity index (χ4v) is 4.67. The second-order valence-corrected chi connectivity index (χ2v) is 9.00. The lowest BCUT2D eigenvalue weighted by atomic mass is 9.95. The number of nitrogens with one attached hydrogen (secondary N) is 2. The van der Waals surface area contributed by atoms with Crippen molar-refractivity contribution in [1.82, 2.24) is 9.88 Å². The van der Waals surface area contributed by atoms with Crippen LogP contribution in [0.25, 0.3) is 5.57 Å². The number of pyridine rings is 1. The van der Waals surface area contributed by atoms with E-state index < -0.39 is 23.2 Å². The van der Waals surface area contributed by atoms with Crippen molar-refractivity contribution in [3.05, 3.63) is 98.9 Å². The lowest BCUT2D eigenvalue weighted by Crippen LogP contribution is -2.22. The van der Waals surface area contributed by atoms with Gasteiger partial charge in [-0.3, -0.25) is 4.79 Å². The van der Waals surface area contributed by atoms with Gasteiger partial charge in [-0.1, -0.05) is 37.6 Å². The number of ether oxygens (including phenoxy) is 1. The zero-order valence-electron chi connectivity index (χ0n) is 20.1. The van der Waals surface area contributed by atoms with Crippen molar-refractivity contribution in [3.63, 3.8) is 0 Å². The second kappa shape index (κ2) is 12.1. The third kappa shape index (κ3) is 5.74. The van der Waals surface area contributed by atoms with Gasteiger partial charge in [0.05, 0.1) is 39.0 Å². The molecule has 0 spiro atoms. The highest BCUT2D eigenvalue weighted by molar-refractivity contribution is 8.00. The highest BCUT2D eigenvalue weighted by Gasteiger charge is 2.26. The van der Waals surface area contributed by atoms with Crippen LogP contribution >= 0.6 is 23.5 Å². The summed E-state index contributed by atoms with van der Waals surface area (Å²) in [6.07, 6.45) is 7.20. The highest BCUT2D eigenvalue weighted by atomic mass is 35.5. The molecule has 0 amide bonds. The van der Waals surface area contributed by atoms with Gasteiger partial charge in [0.15, 0.2) is 5.82 Å². The maximum atomic E-state index is 15.6. The Balaban J connectivity index is 2.03. The number of rotatable bonds is 9. The third-order valence-corrected chi connectivity index (χ3v) is 6.46. The molecule has 0 unspecified atom stereocenters. The summed E-state index contributed by atoms with van der Waals surface area (Å²) in [5, 5.41) is 0.311. The van der Waals surface area contributed by atoms with Crippen LogP contribution in [0.3, 0.4) is 0 Å². The summed E-state index contributed by atoms with van der Waals surface area (Å²) < 4.78 is 38.5. The van der Waals surface area contributed by atoms with Crippen LogP contribution in [0.5, 0.6) is 0 Å². The summed E-state index contributed by atoms with van der Waals surface area (Å²) >= 11 is 6.77. The van der Waals surface area contributed by atoms with E-state index in [4.69, 9.17) is 16.3 Å². The van der Waals surface area contributed by atoms with Crippen LogP contribution in [0.15, 0.2) is 76.0 Å².